The molecule has 1 aromatic carbocycles. The molecule has 0 atom stereocenters. The Labute approximate surface area is 125 Å². The van der Waals surface area contributed by atoms with E-state index in [0.717, 1.165) is 0 Å². The quantitative estimate of drug-likeness (QED) is 0.781. The Hall–Kier alpha value is -1.42. The molecule has 0 saturated heterocycles. The molecule has 0 unspecified atom stereocenters. The fraction of sp³-hybridized carbons (Fsp3) is 0.533. The lowest BCUT2D eigenvalue weighted by Crippen LogP contribution is -2.32. The molecule has 1 rings (SSSR count). The summed E-state index contributed by atoms with van der Waals surface area (Å²) in [6, 6.07) is 5.34. The molecule has 1 aromatic rings. The second-order valence-electron chi connectivity index (χ2n) is 5.00. The molecule has 1 N–H and O–H groups in total. The van der Waals surface area contributed by atoms with Crippen molar-refractivity contribution in [3.05, 3.63) is 18.2 Å². The molecule has 112 valence electrons. The average molecular weight is 300 g/mol. The maximum Gasteiger partial charge on any atom is 0.231 e. The average Bonchev–Trinajstić information content (AvgIpc) is 2.42. The van der Waals surface area contributed by atoms with Gasteiger partial charge in [0.1, 0.15) is 0 Å². The predicted octanol–water partition coefficient (Wildman–Crippen LogP) is 3.69. The second-order valence-corrected chi connectivity index (χ2v) is 5.27. The van der Waals surface area contributed by atoms with Crippen molar-refractivity contribution in [1.82, 2.24) is 0 Å². The summed E-state index contributed by atoms with van der Waals surface area (Å²) in [7, 11) is 0. The smallest absolute Gasteiger partial charge is 0.231 e. The van der Waals surface area contributed by atoms with E-state index >= 15 is 0 Å². The zero-order valence-corrected chi connectivity index (χ0v) is 13.2. The van der Waals surface area contributed by atoms with Crippen LogP contribution in [0.1, 0.15) is 27.7 Å². The van der Waals surface area contributed by atoms with Gasteiger partial charge in [-0.05, 0) is 39.8 Å². The van der Waals surface area contributed by atoms with E-state index in [-0.39, 0.29) is 11.8 Å². The van der Waals surface area contributed by atoms with Gasteiger partial charge < -0.3 is 14.8 Å². The molecule has 0 aliphatic carbocycles. The van der Waals surface area contributed by atoms with Crippen LogP contribution in [0.5, 0.6) is 11.5 Å². The first-order valence-electron chi connectivity index (χ1n) is 6.71. The lowest BCUT2D eigenvalue weighted by atomic mass is 9.95. The van der Waals surface area contributed by atoms with Crippen LogP contribution in [0.2, 0.25) is 0 Å². The number of benzene rings is 1. The number of alkyl halides is 1. The largest absolute Gasteiger partial charge is 0.490 e. The summed E-state index contributed by atoms with van der Waals surface area (Å²) in [5.41, 5.74) is 0.0476. The summed E-state index contributed by atoms with van der Waals surface area (Å²) in [5, 5.41) is 2.84. The highest BCUT2D eigenvalue weighted by molar-refractivity contribution is 6.20. The Morgan fingerprint density at radius 3 is 2.35 bits per heavy atom. The summed E-state index contributed by atoms with van der Waals surface area (Å²) in [5.74, 6) is 1.42. The van der Waals surface area contributed by atoms with Crippen molar-refractivity contribution in [3.8, 4) is 11.5 Å². The first kappa shape index (κ1) is 16.6. The summed E-state index contributed by atoms with van der Waals surface area (Å²) in [6.45, 7) is 8.50. The predicted molar refractivity (Wildman–Crippen MR) is 81.9 cm³/mol. The number of carbonyl (C=O) groups is 1. The number of rotatable bonds is 7. The Kier molecular flexibility index (Phi) is 6.14. The van der Waals surface area contributed by atoms with Crippen molar-refractivity contribution >= 4 is 23.2 Å². The third-order valence-electron chi connectivity index (χ3n) is 2.75. The minimum absolute atomic E-state index is 0.126. The van der Waals surface area contributed by atoms with Gasteiger partial charge in [0.15, 0.2) is 11.5 Å². The van der Waals surface area contributed by atoms with Crippen molar-refractivity contribution in [2.75, 3.05) is 24.4 Å². The van der Waals surface area contributed by atoms with Gasteiger partial charge in [0.05, 0.1) is 18.6 Å². The van der Waals surface area contributed by atoms with Crippen LogP contribution >= 0.6 is 11.6 Å². The number of amides is 1. The summed E-state index contributed by atoms with van der Waals surface area (Å²) < 4.78 is 11.0. The van der Waals surface area contributed by atoms with Crippen molar-refractivity contribution in [1.29, 1.82) is 0 Å². The Morgan fingerprint density at radius 2 is 1.80 bits per heavy atom. The van der Waals surface area contributed by atoms with Crippen LogP contribution in [-0.2, 0) is 4.79 Å². The van der Waals surface area contributed by atoms with E-state index in [1.807, 2.05) is 13.8 Å². The number of carbonyl (C=O) groups excluding carboxylic acids is 1. The Balaban J connectivity index is 2.91. The molecular weight excluding hydrogens is 278 g/mol. The third-order valence-corrected chi connectivity index (χ3v) is 3.42. The Morgan fingerprint density at radius 1 is 1.20 bits per heavy atom. The van der Waals surface area contributed by atoms with Crippen LogP contribution in [0.15, 0.2) is 18.2 Å². The van der Waals surface area contributed by atoms with E-state index in [0.29, 0.717) is 30.4 Å². The summed E-state index contributed by atoms with van der Waals surface area (Å²) >= 11 is 5.80. The topological polar surface area (TPSA) is 47.6 Å². The first-order chi connectivity index (χ1) is 9.44. The van der Waals surface area contributed by atoms with Gasteiger partial charge in [-0.25, -0.2) is 0 Å². The fourth-order valence-electron chi connectivity index (χ4n) is 1.49. The van der Waals surface area contributed by atoms with E-state index in [9.17, 15) is 4.79 Å². The molecule has 0 aromatic heterocycles. The molecule has 5 heteroatoms. The van der Waals surface area contributed by atoms with E-state index in [2.05, 4.69) is 5.32 Å². The Bertz CT molecular complexity index is 460. The fourth-order valence-corrected chi connectivity index (χ4v) is 1.61. The van der Waals surface area contributed by atoms with Crippen LogP contribution in [0.3, 0.4) is 0 Å². The number of anilines is 1. The first-order valence-corrected chi connectivity index (χ1v) is 7.25. The summed E-state index contributed by atoms with van der Waals surface area (Å²) in [4.78, 5) is 12.1. The lowest BCUT2D eigenvalue weighted by molar-refractivity contribution is -0.122. The minimum Gasteiger partial charge on any atom is -0.490 e. The molecule has 0 aliphatic heterocycles. The van der Waals surface area contributed by atoms with Crippen molar-refractivity contribution < 1.29 is 14.3 Å². The van der Waals surface area contributed by atoms with E-state index < -0.39 is 5.41 Å². The molecule has 0 radical (unpaired) electrons. The molecule has 0 fully saturated rings. The standard InChI is InChI=1S/C15H22ClNO3/c1-5-19-12-8-7-11(9-13(12)20-6-2)17-14(18)15(3,4)10-16/h7-9H,5-6,10H2,1-4H3,(H,17,18). The van der Waals surface area contributed by atoms with Gasteiger partial charge in [-0.3, -0.25) is 4.79 Å². The highest BCUT2D eigenvalue weighted by atomic mass is 35.5. The molecule has 0 saturated carbocycles. The molecule has 0 aliphatic rings. The molecule has 4 nitrogen and oxygen atoms in total. The van der Waals surface area contributed by atoms with Crippen LogP contribution < -0.4 is 14.8 Å². The van der Waals surface area contributed by atoms with Gasteiger partial charge in [0, 0.05) is 17.6 Å². The maximum absolute atomic E-state index is 12.1. The maximum atomic E-state index is 12.1. The van der Waals surface area contributed by atoms with Gasteiger partial charge >= 0.3 is 0 Å². The molecular formula is C15H22ClNO3. The molecule has 0 spiro atoms. The van der Waals surface area contributed by atoms with Gasteiger partial charge in [-0.2, -0.15) is 0 Å². The third kappa shape index (κ3) is 4.30. The molecule has 0 bridgehead atoms. The molecule has 20 heavy (non-hydrogen) atoms. The highest BCUT2D eigenvalue weighted by Crippen LogP contribution is 2.31. The highest BCUT2D eigenvalue weighted by Gasteiger charge is 2.26. The van der Waals surface area contributed by atoms with E-state index in [1.54, 1.807) is 32.0 Å². The number of nitrogens with one attached hydrogen (secondary N) is 1. The minimum atomic E-state index is -0.619. The summed E-state index contributed by atoms with van der Waals surface area (Å²) in [6.07, 6.45) is 0. The molecule has 0 heterocycles. The molecule has 1 amide bonds. The zero-order chi connectivity index (χ0) is 15.2. The monoisotopic (exact) mass is 299 g/mol. The van der Waals surface area contributed by atoms with Crippen LogP contribution in [0.25, 0.3) is 0 Å². The van der Waals surface area contributed by atoms with Crippen molar-refractivity contribution in [2.45, 2.75) is 27.7 Å². The number of hydrogen-bond acceptors (Lipinski definition) is 3. The van der Waals surface area contributed by atoms with E-state index in [1.165, 1.54) is 0 Å². The lowest BCUT2D eigenvalue weighted by Gasteiger charge is -2.21. The SMILES string of the molecule is CCOc1ccc(NC(=O)C(C)(C)CCl)cc1OCC. The van der Waals surface area contributed by atoms with Gasteiger partial charge in [-0.15, -0.1) is 11.6 Å². The normalized spacial score (nSPS) is 11.1. The van der Waals surface area contributed by atoms with Crippen molar-refractivity contribution in [3.63, 3.8) is 0 Å². The van der Waals surface area contributed by atoms with Crippen LogP contribution in [0.4, 0.5) is 5.69 Å². The number of ether oxygens (including phenoxy) is 2. The van der Waals surface area contributed by atoms with Gasteiger partial charge in [0.25, 0.3) is 0 Å². The van der Waals surface area contributed by atoms with Gasteiger partial charge in [-0.1, -0.05) is 0 Å². The van der Waals surface area contributed by atoms with Crippen molar-refractivity contribution in [2.24, 2.45) is 5.41 Å². The second kappa shape index (κ2) is 7.39. The van der Waals surface area contributed by atoms with Gasteiger partial charge in [0.2, 0.25) is 5.91 Å². The van der Waals surface area contributed by atoms with E-state index in [4.69, 9.17) is 21.1 Å². The van der Waals surface area contributed by atoms with Crippen LogP contribution in [0, 0.1) is 5.41 Å². The van der Waals surface area contributed by atoms with Crippen LogP contribution in [-0.4, -0.2) is 25.0 Å². The number of hydrogen-bond donors (Lipinski definition) is 1. The zero-order valence-electron chi connectivity index (χ0n) is 12.5. The number of halogens is 1.